The number of hydrogen-bond acceptors (Lipinski definition) is 4. The standard InChI is InChI=1S/C18H29N3O3/c1-3-19-18(20-10-6-11-24-16-9-12-23-14-16)21-13-15-7-4-5-8-17(15)22-2/h4-5,7-8,16H,3,6,9-14H2,1-2H3,(H2,19,20,21). The second-order valence-electron chi connectivity index (χ2n) is 5.64. The van der Waals surface area contributed by atoms with Crippen molar-refractivity contribution < 1.29 is 14.2 Å². The topological polar surface area (TPSA) is 64.1 Å². The predicted octanol–water partition coefficient (Wildman–Crippen LogP) is 1.95. The van der Waals surface area contributed by atoms with E-state index >= 15 is 0 Å². The molecule has 1 aliphatic heterocycles. The fraction of sp³-hybridized carbons (Fsp3) is 0.611. The van der Waals surface area contributed by atoms with Crippen LogP contribution in [0.5, 0.6) is 5.75 Å². The molecule has 1 aromatic carbocycles. The first kappa shape index (κ1) is 18.5. The van der Waals surface area contributed by atoms with Gasteiger partial charge in [0.15, 0.2) is 5.96 Å². The molecule has 1 aliphatic rings. The van der Waals surface area contributed by atoms with Crippen molar-refractivity contribution in [2.45, 2.75) is 32.4 Å². The van der Waals surface area contributed by atoms with Crippen molar-refractivity contribution in [2.75, 3.05) is 40.0 Å². The van der Waals surface area contributed by atoms with Gasteiger partial charge in [-0.2, -0.15) is 0 Å². The number of nitrogens with zero attached hydrogens (tertiary/aromatic N) is 1. The van der Waals surface area contributed by atoms with Crippen LogP contribution in [-0.4, -0.2) is 52.1 Å². The van der Waals surface area contributed by atoms with Gasteiger partial charge in [-0.3, -0.25) is 0 Å². The highest BCUT2D eigenvalue weighted by molar-refractivity contribution is 5.79. The van der Waals surface area contributed by atoms with Crippen LogP contribution >= 0.6 is 0 Å². The molecule has 0 aliphatic carbocycles. The predicted molar refractivity (Wildman–Crippen MR) is 95.6 cm³/mol. The molecule has 0 radical (unpaired) electrons. The third kappa shape index (κ3) is 6.37. The summed E-state index contributed by atoms with van der Waals surface area (Å²) in [6.45, 7) is 6.59. The van der Waals surface area contributed by atoms with E-state index in [1.807, 2.05) is 24.3 Å². The van der Waals surface area contributed by atoms with Crippen LogP contribution in [0.15, 0.2) is 29.3 Å². The molecule has 6 heteroatoms. The molecule has 24 heavy (non-hydrogen) atoms. The van der Waals surface area contributed by atoms with Crippen molar-refractivity contribution in [1.29, 1.82) is 0 Å². The third-order valence-corrected chi connectivity index (χ3v) is 3.80. The quantitative estimate of drug-likeness (QED) is 0.410. The highest BCUT2D eigenvalue weighted by Gasteiger charge is 2.15. The van der Waals surface area contributed by atoms with Crippen LogP contribution in [0.4, 0.5) is 0 Å². The number of guanidine groups is 1. The highest BCUT2D eigenvalue weighted by atomic mass is 16.5. The molecule has 6 nitrogen and oxygen atoms in total. The van der Waals surface area contributed by atoms with E-state index in [4.69, 9.17) is 14.2 Å². The first-order chi connectivity index (χ1) is 11.8. The summed E-state index contributed by atoms with van der Waals surface area (Å²) >= 11 is 0. The van der Waals surface area contributed by atoms with Crippen molar-refractivity contribution in [2.24, 2.45) is 4.99 Å². The summed E-state index contributed by atoms with van der Waals surface area (Å²) in [6.07, 6.45) is 2.23. The molecular weight excluding hydrogens is 306 g/mol. The largest absolute Gasteiger partial charge is 0.496 e. The van der Waals surface area contributed by atoms with Crippen LogP contribution in [0.1, 0.15) is 25.3 Å². The Labute approximate surface area is 144 Å². The van der Waals surface area contributed by atoms with Gasteiger partial charge in [0.05, 0.1) is 26.4 Å². The lowest BCUT2D eigenvalue weighted by Gasteiger charge is -2.13. The Kier molecular flexibility index (Phi) is 8.41. The summed E-state index contributed by atoms with van der Waals surface area (Å²) in [5, 5.41) is 6.60. The van der Waals surface area contributed by atoms with E-state index in [-0.39, 0.29) is 6.10 Å². The van der Waals surface area contributed by atoms with Crippen LogP contribution in [0, 0.1) is 0 Å². The maximum atomic E-state index is 5.76. The SMILES string of the molecule is CCNC(=NCc1ccccc1OC)NCCCOC1CCOC1. The Morgan fingerprint density at radius 3 is 2.96 bits per heavy atom. The van der Waals surface area contributed by atoms with Crippen LogP contribution in [0.3, 0.4) is 0 Å². The summed E-state index contributed by atoms with van der Waals surface area (Å²) in [6, 6.07) is 7.95. The second kappa shape index (κ2) is 10.9. The van der Waals surface area contributed by atoms with Crippen molar-refractivity contribution in [3.05, 3.63) is 29.8 Å². The Balaban J connectivity index is 1.73. The number of nitrogens with one attached hydrogen (secondary N) is 2. The maximum Gasteiger partial charge on any atom is 0.191 e. The zero-order valence-electron chi connectivity index (χ0n) is 14.7. The second-order valence-corrected chi connectivity index (χ2v) is 5.64. The average Bonchev–Trinajstić information content (AvgIpc) is 3.13. The van der Waals surface area contributed by atoms with Gasteiger partial charge in [-0.05, 0) is 25.8 Å². The van der Waals surface area contributed by atoms with Gasteiger partial charge in [0, 0.05) is 31.9 Å². The van der Waals surface area contributed by atoms with Crippen LogP contribution in [0.25, 0.3) is 0 Å². The Morgan fingerprint density at radius 1 is 1.33 bits per heavy atom. The number of hydrogen-bond donors (Lipinski definition) is 2. The average molecular weight is 335 g/mol. The van der Waals surface area contributed by atoms with Gasteiger partial charge in [0.25, 0.3) is 0 Å². The van der Waals surface area contributed by atoms with Crippen LogP contribution < -0.4 is 15.4 Å². The minimum atomic E-state index is 0.275. The van der Waals surface area contributed by atoms with Gasteiger partial charge >= 0.3 is 0 Å². The molecule has 1 fully saturated rings. The summed E-state index contributed by atoms with van der Waals surface area (Å²) in [5.74, 6) is 1.68. The van der Waals surface area contributed by atoms with Gasteiger partial charge < -0.3 is 24.8 Å². The molecule has 1 atom stereocenters. The fourth-order valence-corrected chi connectivity index (χ4v) is 2.51. The zero-order valence-corrected chi connectivity index (χ0v) is 14.7. The molecule has 134 valence electrons. The van der Waals surface area contributed by atoms with Gasteiger partial charge in [0.1, 0.15) is 5.75 Å². The molecule has 2 N–H and O–H groups in total. The molecule has 1 saturated heterocycles. The number of para-hydroxylation sites is 1. The summed E-state index contributed by atoms with van der Waals surface area (Å²) in [4.78, 5) is 4.62. The third-order valence-electron chi connectivity index (χ3n) is 3.80. The maximum absolute atomic E-state index is 5.76. The van der Waals surface area contributed by atoms with E-state index in [0.717, 1.165) is 63.0 Å². The lowest BCUT2D eigenvalue weighted by molar-refractivity contribution is 0.0420. The number of aliphatic imine (C=N–C) groups is 1. The first-order valence-corrected chi connectivity index (χ1v) is 8.67. The smallest absolute Gasteiger partial charge is 0.191 e. The molecular formula is C18H29N3O3. The van der Waals surface area contributed by atoms with Gasteiger partial charge in [0.2, 0.25) is 0 Å². The molecule has 0 aromatic heterocycles. The first-order valence-electron chi connectivity index (χ1n) is 8.67. The monoisotopic (exact) mass is 335 g/mol. The van der Waals surface area contributed by atoms with E-state index in [0.29, 0.717) is 6.54 Å². The van der Waals surface area contributed by atoms with Crippen LogP contribution in [-0.2, 0) is 16.0 Å². The minimum Gasteiger partial charge on any atom is -0.496 e. The Bertz CT molecular complexity index is 502. The van der Waals surface area contributed by atoms with Crippen molar-refractivity contribution in [1.82, 2.24) is 10.6 Å². The van der Waals surface area contributed by atoms with Crippen molar-refractivity contribution in [3.8, 4) is 5.75 Å². The molecule has 1 unspecified atom stereocenters. The van der Waals surface area contributed by atoms with Crippen molar-refractivity contribution >= 4 is 5.96 Å². The zero-order chi connectivity index (χ0) is 17.0. The Morgan fingerprint density at radius 2 is 2.21 bits per heavy atom. The Hall–Kier alpha value is -1.79. The van der Waals surface area contributed by atoms with E-state index < -0.39 is 0 Å². The van der Waals surface area contributed by atoms with E-state index in [1.54, 1.807) is 7.11 Å². The van der Waals surface area contributed by atoms with E-state index in [9.17, 15) is 0 Å². The highest BCUT2D eigenvalue weighted by Crippen LogP contribution is 2.17. The molecule has 0 spiro atoms. The molecule has 0 saturated carbocycles. The van der Waals surface area contributed by atoms with Crippen molar-refractivity contribution in [3.63, 3.8) is 0 Å². The lowest BCUT2D eigenvalue weighted by atomic mass is 10.2. The number of benzene rings is 1. The van der Waals surface area contributed by atoms with E-state index in [1.165, 1.54) is 0 Å². The van der Waals surface area contributed by atoms with Gasteiger partial charge in [-0.1, -0.05) is 18.2 Å². The van der Waals surface area contributed by atoms with Gasteiger partial charge in [-0.25, -0.2) is 4.99 Å². The number of methoxy groups -OCH3 is 1. The summed E-state index contributed by atoms with van der Waals surface area (Å²) in [7, 11) is 1.68. The number of rotatable bonds is 9. The van der Waals surface area contributed by atoms with Crippen LogP contribution in [0.2, 0.25) is 0 Å². The molecule has 0 bridgehead atoms. The summed E-state index contributed by atoms with van der Waals surface area (Å²) in [5.41, 5.74) is 1.07. The molecule has 0 amide bonds. The normalized spacial score (nSPS) is 17.8. The summed E-state index contributed by atoms with van der Waals surface area (Å²) < 4.78 is 16.4. The van der Waals surface area contributed by atoms with E-state index in [2.05, 4.69) is 22.5 Å². The number of ether oxygens (including phenoxy) is 3. The minimum absolute atomic E-state index is 0.275. The molecule has 1 heterocycles. The van der Waals surface area contributed by atoms with Gasteiger partial charge in [-0.15, -0.1) is 0 Å². The molecule has 1 aromatic rings. The molecule has 2 rings (SSSR count). The lowest BCUT2D eigenvalue weighted by Crippen LogP contribution is -2.38. The fourth-order valence-electron chi connectivity index (χ4n) is 2.51.